The Hall–Kier alpha value is -3.66. The highest BCUT2D eigenvalue weighted by Gasteiger charge is 2.29. The van der Waals surface area contributed by atoms with Gasteiger partial charge >= 0.3 is 0 Å². The summed E-state index contributed by atoms with van der Waals surface area (Å²) in [5, 5.41) is 0.152. The number of para-hydroxylation sites is 1. The van der Waals surface area contributed by atoms with Gasteiger partial charge in [0.2, 0.25) is 11.9 Å². The summed E-state index contributed by atoms with van der Waals surface area (Å²) < 4.78 is 0. The number of anilines is 1. The van der Waals surface area contributed by atoms with Gasteiger partial charge in [-0.05, 0) is 29.8 Å². The summed E-state index contributed by atoms with van der Waals surface area (Å²) in [6.45, 7) is 0.110. The van der Waals surface area contributed by atoms with E-state index in [2.05, 4.69) is 20.8 Å². The molecule has 29 heavy (non-hydrogen) atoms. The zero-order valence-electron chi connectivity index (χ0n) is 15.0. The van der Waals surface area contributed by atoms with E-state index in [-0.39, 0.29) is 35.0 Å². The van der Waals surface area contributed by atoms with Crippen molar-refractivity contribution in [1.29, 1.82) is 0 Å². The van der Waals surface area contributed by atoms with Gasteiger partial charge in [-0.25, -0.2) is 4.98 Å². The smallest absolute Gasteiger partial charge is 0.289 e. The number of carbonyl (C=O) groups is 3. The number of nitrogens with zero attached hydrogens (tertiary/aromatic N) is 2. The van der Waals surface area contributed by atoms with Gasteiger partial charge in [0.05, 0.1) is 23.2 Å². The summed E-state index contributed by atoms with van der Waals surface area (Å²) in [5.41, 5.74) is 6.21. The molecule has 0 saturated carbocycles. The number of hydrogen-bond donors (Lipinski definition) is 3. The molecule has 0 spiro atoms. The van der Waals surface area contributed by atoms with E-state index < -0.39 is 5.91 Å². The van der Waals surface area contributed by atoms with Crippen LogP contribution in [0.2, 0.25) is 0 Å². The van der Waals surface area contributed by atoms with Crippen molar-refractivity contribution in [1.82, 2.24) is 20.3 Å². The third-order valence-electron chi connectivity index (χ3n) is 4.28. The SMILES string of the molecule is O=C(NNc1nc2ccccc2c(=O)[nH]1)c1cccc(CN2C(=O)CSC2=O)c1. The number of amides is 3. The number of nitrogens with one attached hydrogen (secondary N) is 3. The lowest BCUT2D eigenvalue weighted by Crippen LogP contribution is -2.31. The average molecular weight is 409 g/mol. The van der Waals surface area contributed by atoms with Crippen molar-refractivity contribution in [3.63, 3.8) is 0 Å². The van der Waals surface area contributed by atoms with Gasteiger partial charge in [-0.3, -0.25) is 39.9 Å². The van der Waals surface area contributed by atoms with Crippen molar-refractivity contribution in [3.05, 3.63) is 70.0 Å². The number of benzene rings is 2. The van der Waals surface area contributed by atoms with Crippen LogP contribution in [0.3, 0.4) is 0 Å². The number of hydrogen-bond acceptors (Lipinski definition) is 7. The van der Waals surface area contributed by atoms with E-state index in [9.17, 15) is 19.2 Å². The molecule has 3 amide bonds. The van der Waals surface area contributed by atoms with Crippen molar-refractivity contribution in [2.75, 3.05) is 11.2 Å². The number of carbonyl (C=O) groups excluding carboxylic acids is 3. The lowest BCUT2D eigenvalue weighted by atomic mass is 10.1. The Morgan fingerprint density at radius 1 is 1.14 bits per heavy atom. The van der Waals surface area contributed by atoms with Crippen molar-refractivity contribution < 1.29 is 14.4 Å². The standard InChI is InChI=1S/C19H15N5O4S/c25-15-10-29-19(28)24(15)9-11-4-3-5-12(8-11)16(26)22-23-18-20-14-7-2-1-6-13(14)17(27)21-18/h1-8H,9-10H2,(H,22,26)(H2,20,21,23,27). The molecule has 4 rings (SSSR count). The zero-order valence-corrected chi connectivity index (χ0v) is 15.8. The Balaban J connectivity index is 1.46. The third-order valence-corrected chi connectivity index (χ3v) is 5.14. The van der Waals surface area contributed by atoms with Crippen LogP contribution in [0.1, 0.15) is 15.9 Å². The van der Waals surface area contributed by atoms with Crippen LogP contribution in [0.5, 0.6) is 0 Å². The van der Waals surface area contributed by atoms with E-state index in [4.69, 9.17) is 0 Å². The van der Waals surface area contributed by atoms with Crippen molar-refractivity contribution in [3.8, 4) is 0 Å². The summed E-state index contributed by atoms with van der Waals surface area (Å²) in [4.78, 5) is 55.9. The molecule has 9 nitrogen and oxygen atoms in total. The van der Waals surface area contributed by atoms with Crippen LogP contribution >= 0.6 is 11.8 Å². The van der Waals surface area contributed by atoms with Crippen LogP contribution < -0.4 is 16.4 Å². The quantitative estimate of drug-likeness (QED) is 0.550. The minimum absolute atomic E-state index is 0.100. The fraction of sp³-hybridized carbons (Fsp3) is 0.105. The molecule has 146 valence electrons. The maximum atomic E-state index is 12.4. The van der Waals surface area contributed by atoms with Gasteiger partial charge in [-0.1, -0.05) is 36.0 Å². The van der Waals surface area contributed by atoms with Gasteiger partial charge in [-0.15, -0.1) is 0 Å². The van der Waals surface area contributed by atoms with Gasteiger partial charge in [0.25, 0.3) is 16.7 Å². The highest BCUT2D eigenvalue weighted by atomic mass is 32.2. The van der Waals surface area contributed by atoms with E-state index >= 15 is 0 Å². The fourth-order valence-electron chi connectivity index (χ4n) is 2.86. The topological polar surface area (TPSA) is 124 Å². The van der Waals surface area contributed by atoms with Gasteiger partial charge in [-0.2, -0.15) is 0 Å². The maximum Gasteiger partial charge on any atom is 0.289 e. The highest BCUT2D eigenvalue weighted by Crippen LogP contribution is 2.21. The number of hydrazine groups is 1. The number of thioether (sulfide) groups is 1. The lowest BCUT2D eigenvalue weighted by Gasteiger charge is -2.13. The van der Waals surface area contributed by atoms with E-state index in [1.165, 1.54) is 0 Å². The Morgan fingerprint density at radius 2 is 1.97 bits per heavy atom. The zero-order chi connectivity index (χ0) is 20.4. The van der Waals surface area contributed by atoms with E-state index in [1.807, 2.05) is 0 Å². The first kappa shape index (κ1) is 18.7. The van der Waals surface area contributed by atoms with Crippen molar-refractivity contribution in [2.24, 2.45) is 0 Å². The Morgan fingerprint density at radius 3 is 2.76 bits per heavy atom. The van der Waals surface area contributed by atoms with Gasteiger partial charge in [0.1, 0.15) is 0 Å². The molecule has 3 aromatic rings. The molecule has 2 aromatic carbocycles. The minimum atomic E-state index is -0.462. The van der Waals surface area contributed by atoms with Gasteiger partial charge in [0.15, 0.2) is 0 Å². The number of H-pyrrole nitrogens is 1. The monoisotopic (exact) mass is 409 g/mol. The van der Waals surface area contributed by atoms with Gasteiger partial charge in [0, 0.05) is 5.56 Å². The Labute approximate surface area is 168 Å². The minimum Gasteiger partial charge on any atom is -0.291 e. The molecule has 2 heterocycles. The number of fused-ring (bicyclic) bond motifs is 1. The van der Waals surface area contributed by atoms with Crippen LogP contribution in [-0.4, -0.2) is 37.7 Å². The van der Waals surface area contributed by atoms with Crippen molar-refractivity contribution >= 4 is 45.7 Å². The normalized spacial score (nSPS) is 13.7. The first-order valence-corrected chi connectivity index (χ1v) is 9.61. The summed E-state index contributed by atoms with van der Waals surface area (Å²) in [6, 6.07) is 13.4. The first-order chi connectivity index (χ1) is 14.0. The Kier molecular flexibility index (Phi) is 5.00. The van der Waals surface area contributed by atoms with Crippen molar-refractivity contribution in [2.45, 2.75) is 6.54 Å². The molecule has 0 unspecified atom stereocenters. The molecule has 1 aliphatic heterocycles. The average Bonchev–Trinajstić information content (AvgIpc) is 3.04. The molecule has 10 heteroatoms. The number of aromatic amines is 1. The maximum absolute atomic E-state index is 12.4. The molecule has 0 bridgehead atoms. The third kappa shape index (κ3) is 3.97. The molecular formula is C19H15N5O4S. The van der Waals surface area contributed by atoms with Crippen LogP contribution in [0.25, 0.3) is 10.9 Å². The molecule has 1 saturated heterocycles. The summed E-state index contributed by atoms with van der Waals surface area (Å²) in [6.07, 6.45) is 0. The molecular weight excluding hydrogens is 394 g/mol. The van der Waals surface area contributed by atoms with E-state index in [0.717, 1.165) is 16.7 Å². The van der Waals surface area contributed by atoms with Gasteiger partial charge < -0.3 is 0 Å². The molecule has 0 aliphatic carbocycles. The van der Waals surface area contributed by atoms with E-state index in [0.29, 0.717) is 22.0 Å². The molecule has 0 radical (unpaired) electrons. The van der Waals surface area contributed by atoms with Crippen LogP contribution in [0.4, 0.5) is 10.7 Å². The lowest BCUT2D eigenvalue weighted by molar-refractivity contribution is -0.125. The summed E-state index contributed by atoms with van der Waals surface area (Å²) >= 11 is 0.963. The first-order valence-electron chi connectivity index (χ1n) is 8.63. The predicted molar refractivity (Wildman–Crippen MR) is 108 cm³/mol. The fourth-order valence-corrected chi connectivity index (χ4v) is 3.59. The molecule has 1 fully saturated rings. The second-order valence-corrected chi connectivity index (χ2v) is 7.17. The Bertz CT molecular complexity index is 1180. The number of rotatable bonds is 5. The summed E-state index contributed by atoms with van der Waals surface area (Å²) in [7, 11) is 0. The molecule has 0 atom stereocenters. The molecule has 1 aliphatic rings. The summed E-state index contributed by atoms with van der Waals surface area (Å²) in [5.74, 6) is -0.470. The van der Waals surface area contributed by atoms with E-state index in [1.54, 1.807) is 48.5 Å². The van der Waals surface area contributed by atoms with Crippen LogP contribution in [0.15, 0.2) is 53.3 Å². The second kappa shape index (κ2) is 7.76. The molecule has 1 aromatic heterocycles. The van der Waals surface area contributed by atoms with Crippen LogP contribution in [-0.2, 0) is 11.3 Å². The molecule has 3 N–H and O–H groups in total. The predicted octanol–water partition coefficient (Wildman–Crippen LogP) is 1.88. The van der Waals surface area contributed by atoms with Crippen LogP contribution in [0, 0.1) is 0 Å². The largest absolute Gasteiger partial charge is 0.291 e. The number of imide groups is 1. The second-order valence-electron chi connectivity index (χ2n) is 6.25. The number of aromatic nitrogens is 2. The highest BCUT2D eigenvalue weighted by molar-refractivity contribution is 8.14.